The Morgan fingerprint density at radius 2 is 1.86 bits per heavy atom. The molecule has 1 fully saturated rings. The van der Waals surface area contributed by atoms with Crippen LogP contribution in [0, 0.1) is 0 Å². The molecule has 1 spiro atoms. The van der Waals surface area contributed by atoms with Crippen LogP contribution in [0.3, 0.4) is 0 Å². The number of aliphatic imine (C=N–C) groups is 1. The first kappa shape index (κ1) is 26.4. The molecule has 198 valence electrons. The fourth-order valence-corrected chi connectivity index (χ4v) is 4.36. The second-order valence-corrected chi connectivity index (χ2v) is 9.73. The van der Waals surface area contributed by atoms with E-state index in [4.69, 9.17) is 27.8 Å². The fourth-order valence-electron chi connectivity index (χ4n) is 4.23. The predicted molar refractivity (Wildman–Crippen MR) is 143 cm³/mol. The second kappa shape index (κ2) is 11.2. The highest BCUT2D eigenvalue weighted by molar-refractivity contribution is 6.31. The number of nitrogens with two attached hydrogens (primary N) is 2. The van der Waals surface area contributed by atoms with Crippen molar-refractivity contribution in [3.05, 3.63) is 40.7 Å². The number of likely N-dealkylation sites (tertiary alicyclic amines) is 1. The van der Waals surface area contributed by atoms with Crippen molar-refractivity contribution < 1.29 is 14.3 Å². The van der Waals surface area contributed by atoms with Crippen LogP contribution in [0.2, 0.25) is 5.15 Å². The predicted octanol–water partition coefficient (Wildman–Crippen LogP) is 1.50. The summed E-state index contributed by atoms with van der Waals surface area (Å²) >= 11 is 5.87. The van der Waals surface area contributed by atoms with Gasteiger partial charge in [0, 0.05) is 30.9 Å². The molecular weight excluding hydrogens is 498 g/mol. The summed E-state index contributed by atoms with van der Waals surface area (Å²) in [6, 6.07) is 7.48. The third-order valence-corrected chi connectivity index (χ3v) is 6.58. The number of hydrogen-bond acceptors (Lipinski definition) is 10. The van der Waals surface area contributed by atoms with Crippen LogP contribution in [0.15, 0.2) is 29.3 Å². The van der Waals surface area contributed by atoms with Crippen LogP contribution in [0.25, 0.3) is 0 Å². The topological polar surface area (TPSA) is 173 Å². The van der Waals surface area contributed by atoms with E-state index in [9.17, 15) is 9.59 Å². The van der Waals surface area contributed by atoms with E-state index in [1.807, 2.05) is 43.0 Å². The number of halogens is 1. The third kappa shape index (κ3) is 6.38. The van der Waals surface area contributed by atoms with Crippen molar-refractivity contribution in [2.75, 3.05) is 49.6 Å². The van der Waals surface area contributed by atoms with Gasteiger partial charge in [0.25, 0.3) is 11.8 Å². The number of anilines is 3. The lowest BCUT2D eigenvalue weighted by Gasteiger charge is -2.39. The quantitative estimate of drug-likeness (QED) is 0.333. The van der Waals surface area contributed by atoms with E-state index >= 15 is 0 Å². The number of aromatic nitrogens is 2. The summed E-state index contributed by atoms with van der Waals surface area (Å²) in [5.41, 5.74) is 12.4. The molecule has 2 aliphatic rings. The molecule has 1 aromatic carbocycles. The molecule has 1 aromatic heterocycles. The van der Waals surface area contributed by atoms with E-state index in [1.165, 1.54) is 0 Å². The first-order valence-corrected chi connectivity index (χ1v) is 12.5. The van der Waals surface area contributed by atoms with E-state index in [1.54, 1.807) is 0 Å². The summed E-state index contributed by atoms with van der Waals surface area (Å²) in [6.07, 6.45) is 1.57. The smallest absolute Gasteiger partial charge is 0.280 e. The minimum Gasteiger partial charge on any atom is -0.383 e. The van der Waals surface area contributed by atoms with Crippen LogP contribution >= 0.6 is 11.6 Å². The Kier molecular flexibility index (Phi) is 7.98. The maximum Gasteiger partial charge on any atom is 0.280 e. The molecule has 7 N–H and O–H groups in total. The molecule has 2 amide bonds. The van der Waals surface area contributed by atoms with Crippen molar-refractivity contribution in [3.8, 4) is 0 Å². The lowest BCUT2D eigenvalue weighted by atomic mass is 9.88. The van der Waals surface area contributed by atoms with E-state index < -0.39 is 5.91 Å². The van der Waals surface area contributed by atoms with E-state index in [0.29, 0.717) is 57.2 Å². The first-order chi connectivity index (χ1) is 17.7. The van der Waals surface area contributed by atoms with Gasteiger partial charge in [0.05, 0.1) is 24.8 Å². The average Bonchev–Trinajstić information content (AvgIpc) is 3.25. The Morgan fingerprint density at radius 3 is 2.54 bits per heavy atom. The zero-order valence-electron chi connectivity index (χ0n) is 20.9. The number of hydrogen-bond donors (Lipinski definition) is 5. The molecule has 2 aromatic rings. The van der Waals surface area contributed by atoms with Gasteiger partial charge in [0.15, 0.2) is 28.4 Å². The number of piperidine rings is 1. The lowest BCUT2D eigenvalue weighted by molar-refractivity contribution is 0.0668. The summed E-state index contributed by atoms with van der Waals surface area (Å²) in [5, 5.41) is 9.16. The number of guanidine groups is 1. The van der Waals surface area contributed by atoms with E-state index in [2.05, 4.69) is 30.9 Å². The van der Waals surface area contributed by atoms with Crippen molar-refractivity contribution in [2.24, 2.45) is 4.99 Å². The van der Waals surface area contributed by atoms with Gasteiger partial charge in [-0.25, -0.2) is 9.97 Å². The molecule has 0 unspecified atom stereocenters. The average molecular weight is 530 g/mol. The van der Waals surface area contributed by atoms with Crippen molar-refractivity contribution >= 4 is 46.7 Å². The maximum atomic E-state index is 13.0. The Morgan fingerprint density at radius 1 is 1.16 bits per heavy atom. The number of nitrogens with one attached hydrogen (secondary N) is 3. The number of nitrogens with zero attached hydrogens (tertiary/aromatic N) is 4. The molecule has 0 aliphatic carbocycles. The first-order valence-electron chi connectivity index (χ1n) is 12.1. The number of ether oxygens (including phenoxy) is 1. The second-order valence-electron chi connectivity index (χ2n) is 9.37. The number of amides is 2. The van der Waals surface area contributed by atoms with Gasteiger partial charge in [0.1, 0.15) is 0 Å². The van der Waals surface area contributed by atoms with Crippen LogP contribution in [0.4, 0.5) is 17.3 Å². The molecule has 13 heteroatoms. The van der Waals surface area contributed by atoms with Crippen LogP contribution in [0.5, 0.6) is 0 Å². The number of rotatable bonds is 7. The lowest BCUT2D eigenvalue weighted by Crippen LogP contribution is -2.57. The molecule has 4 rings (SSSR count). The number of benzene rings is 1. The molecule has 0 saturated carbocycles. The zero-order chi connectivity index (χ0) is 26.6. The Hall–Kier alpha value is -3.64. The molecule has 0 bridgehead atoms. The molecule has 0 atom stereocenters. The maximum absolute atomic E-state index is 13.0. The highest BCUT2D eigenvalue weighted by atomic mass is 35.5. The molecule has 0 radical (unpaired) electrons. The minimum absolute atomic E-state index is 0.00809. The van der Waals surface area contributed by atoms with Gasteiger partial charge in [-0.15, -0.1) is 0 Å². The van der Waals surface area contributed by atoms with E-state index in [-0.39, 0.29) is 40.0 Å². The van der Waals surface area contributed by atoms with Gasteiger partial charge in [-0.1, -0.05) is 11.6 Å². The number of carbonyl (C=O) groups is 2. The van der Waals surface area contributed by atoms with Crippen molar-refractivity contribution in [1.82, 2.24) is 25.5 Å². The molecule has 2 aliphatic heterocycles. The van der Waals surface area contributed by atoms with Gasteiger partial charge in [0.2, 0.25) is 0 Å². The monoisotopic (exact) mass is 529 g/mol. The standard InChI is InChI=1S/C24H32ClN9O3/c1-14(2)37-12-9-28-16-5-3-15(4-6-16)22(36)34-10-7-24(8-11-34)13-29-23(33-24)32-21(35)17-19(26)31-20(27)18(25)30-17/h3-6,14,28H,7-13H2,1-2H3,(H4,26,27,31)(H2,29,32,33,35). The summed E-state index contributed by atoms with van der Waals surface area (Å²) in [6.45, 7) is 6.95. The minimum atomic E-state index is -0.590. The van der Waals surface area contributed by atoms with Crippen molar-refractivity contribution in [2.45, 2.75) is 38.3 Å². The molecule has 1 saturated heterocycles. The largest absolute Gasteiger partial charge is 0.383 e. The fraction of sp³-hybridized carbons (Fsp3) is 0.458. The number of nitrogen functional groups attached to an aromatic ring is 2. The van der Waals surface area contributed by atoms with Gasteiger partial charge in [-0.05, 0) is 51.0 Å². The van der Waals surface area contributed by atoms with E-state index in [0.717, 1.165) is 5.69 Å². The van der Waals surface area contributed by atoms with Crippen molar-refractivity contribution in [1.29, 1.82) is 0 Å². The van der Waals surface area contributed by atoms with Crippen LogP contribution in [0.1, 0.15) is 47.5 Å². The highest BCUT2D eigenvalue weighted by Gasteiger charge is 2.40. The summed E-state index contributed by atoms with van der Waals surface area (Å²) in [7, 11) is 0. The molecule has 3 heterocycles. The SMILES string of the molecule is CC(C)OCCNc1ccc(C(=O)N2CCC3(CC2)CN=C(NC(=O)c2nc(Cl)c(N)nc2N)N3)cc1. The Labute approximate surface area is 220 Å². The Bertz CT molecular complexity index is 1180. The third-order valence-electron chi connectivity index (χ3n) is 6.30. The summed E-state index contributed by atoms with van der Waals surface area (Å²) in [5.74, 6) is -0.448. The van der Waals surface area contributed by atoms with Gasteiger partial charge in [-0.3, -0.25) is 19.9 Å². The number of carbonyl (C=O) groups excluding carboxylic acids is 2. The van der Waals surface area contributed by atoms with Gasteiger partial charge < -0.3 is 31.7 Å². The zero-order valence-corrected chi connectivity index (χ0v) is 21.6. The molecule has 12 nitrogen and oxygen atoms in total. The van der Waals surface area contributed by atoms with Crippen LogP contribution in [-0.2, 0) is 4.74 Å². The highest BCUT2D eigenvalue weighted by Crippen LogP contribution is 2.27. The molecular formula is C24H32ClN9O3. The summed E-state index contributed by atoms with van der Waals surface area (Å²) < 4.78 is 5.53. The normalized spacial score (nSPS) is 16.4. The van der Waals surface area contributed by atoms with Crippen LogP contribution < -0.4 is 27.4 Å². The molecule has 37 heavy (non-hydrogen) atoms. The van der Waals surface area contributed by atoms with Gasteiger partial charge in [-0.2, -0.15) is 0 Å². The Balaban J connectivity index is 1.26. The summed E-state index contributed by atoms with van der Waals surface area (Å²) in [4.78, 5) is 39.6. The van der Waals surface area contributed by atoms with Gasteiger partial charge >= 0.3 is 0 Å². The van der Waals surface area contributed by atoms with Crippen LogP contribution in [-0.4, -0.2) is 77.1 Å². The van der Waals surface area contributed by atoms with Crippen molar-refractivity contribution in [3.63, 3.8) is 0 Å².